The second kappa shape index (κ2) is 3.95. The number of nitrogens with one attached hydrogen (secondary N) is 1. The summed E-state index contributed by atoms with van der Waals surface area (Å²) in [7, 11) is 0. The highest BCUT2D eigenvalue weighted by Gasteiger charge is 2.40. The lowest BCUT2D eigenvalue weighted by molar-refractivity contribution is 0.0282. The molecule has 0 aliphatic carbocycles. The summed E-state index contributed by atoms with van der Waals surface area (Å²) in [5.74, 6) is 0.590. The van der Waals surface area contributed by atoms with Crippen LogP contribution < -0.4 is 5.32 Å². The van der Waals surface area contributed by atoms with Gasteiger partial charge in [-0.15, -0.1) is 0 Å². The van der Waals surface area contributed by atoms with Crippen molar-refractivity contribution in [3.63, 3.8) is 0 Å². The number of alkyl halides is 1. The minimum Gasteiger partial charge on any atom is -0.311 e. The molecule has 0 radical (unpaired) electrons. The fourth-order valence-electron chi connectivity index (χ4n) is 1.98. The molecule has 1 aliphatic heterocycles. The molecule has 1 rings (SSSR count). The van der Waals surface area contributed by atoms with Crippen molar-refractivity contribution in [1.29, 1.82) is 0 Å². The first-order valence-electron chi connectivity index (χ1n) is 5.38. The molecule has 0 aromatic rings. The first-order valence-corrected chi connectivity index (χ1v) is 5.38. The van der Waals surface area contributed by atoms with Crippen molar-refractivity contribution in [2.24, 2.45) is 11.8 Å². The zero-order valence-electron chi connectivity index (χ0n) is 9.23. The second-order valence-corrected chi connectivity index (χ2v) is 4.89. The van der Waals surface area contributed by atoms with Gasteiger partial charge in [0.15, 0.2) is 0 Å². The lowest BCUT2D eigenvalue weighted by Gasteiger charge is -2.39. The number of piperidine rings is 1. The Labute approximate surface area is 81.1 Å². The van der Waals surface area contributed by atoms with E-state index in [-0.39, 0.29) is 5.92 Å². The molecule has 0 aromatic carbocycles. The van der Waals surface area contributed by atoms with Crippen LogP contribution in [0.1, 0.15) is 40.5 Å². The van der Waals surface area contributed by atoms with Crippen LogP contribution in [0.4, 0.5) is 4.39 Å². The average Bonchev–Trinajstić information content (AvgIpc) is 2.09. The van der Waals surface area contributed by atoms with Gasteiger partial charge < -0.3 is 5.32 Å². The van der Waals surface area contributed by atoms with Crippen molar-refractivity contribution in [3.05, 3.63) is 0 Å². The molecule has 0 saturated carbocycles. The highest BCUT2D eigenvalue weighted by atomic mass is 19.1. The van der Waals surface area contributed by atoms with Gasteiger partial charge in [0, 0.05) is 12.6 Å². The lowest BCUT2D eigenvalue weighted by atomic mass is 9.77. The van der Waals surface area contributed by atoms with E-state index < -0.39 is 5.67 Å². The van der Waals surface area contributed by atoms with Gasteiger partial charge in [0.05, 0.1) is 0 Å². The van der Waals surface area contributed by atoms with Crippen LogP contribution in [0.5, 0.6) is 0 Å². The summed E-state index contributed by atoms with van der Waals surface area (Å²) in [5, 5.41) is 3.23. The van der Waals surface area contributed by atoms with Gasteiger partial charge >= 0.3 is 0 Å². The van der Waals surface area contributed by atoms with Crippen LogP contribution in [-0.4, -0.2) is 18.3 Å². The monoisotopic (exact) mass is 187 g/mol. The molecule has 1 aliphatic rings. The van der Waals surface area contributed by atoms with Gasteiger partial charge in [-0.1, -0.05) is 20.8 Å². The zero-order valence-corrected chi connectivity index (χ0v) is 9.23. The maximum Gasteiger partial charge on any atom is 0.126 e. The Morgan fingerprint density at radius 1 is 1.38 bits per heavy atom. The van der Waals surface area contributed by atoms with Gasteiger partial charge in [0.1, 0.15) is 5.67 Å². The second-order valence-electron chi connectivity index (χ2n) is 4.89. The van der Waals surface area contributed by atoms with Crippen molar-refractivity contribution in [1.82, 2.24) is 5.32 Å². The molecular formula is C11H22FN. The van der Waals surface area contributed by atoms with Gasteiger partial charge in [-0.2, -0.15) is 0 Å². The fourth-order valence-corrected chi connectivity index (χ4v) is 1.98. The Morgan fingerprint density at radius 3 is 2.38 bits per heavy atom. The van der Waals surface area contributed by atoms with Gasteiger partial charge in [-0.3, -0.25) is 0 Å². The van der Waals surface area contributed by atoms with Crippen LogP contribution in [0.2, 0.25) is 0 Å². The molecule has 1 fully saturated rings. The number of halogens is 1. The van der Waals surface area contributed by atoms with E-state index in [4.69, 9.17) is 0 Å². The third-order valence-electron chi connectivity index (χ3n) is 3.55. The Morgan fingerprint density at radius 2 is 2.00 bits per heavy atom. The molecule has 1 heterocycles. The average molecular weight is 187 g/mol. The summed E-state index contributed by atoms with van der Waals surface area (Å²) in [6, 6.07) is 0.489. The van der Waals surface area contributed by atoms with E-state index in [1.165, 1.54) is 0 Å². The molecular weight excluding hydrogens is 165 g/mol. The van der Waals surface area contributed by atoms with Crippen LogP contribution in [0.3, 0.4) is 0 Å². The minimum atomic E-state index is -0.972. The molecule has 78 valence electrons. The molecule has 1 saturated heterocycles. The quantitative estimate of drug-likeness (QED) is 0.701. The first kappa shape index (κ1) is 11.0. The third kappa shape index (κ3) is 2.43. The minimum absolute atomic E-state index is 0.160. The van der Waals surface area contributed by atoms with Crippen LogP contribution in [0.15, 0.2) is 0 Å². The van der Waals surface area contributed by atoms with E-state index in [1.54, 1.807) is 0 Å². The predicted molar refractivity (Wildman–Crippen MR) is 54.5 cm³/mol. The zero-order chi connectivity index (χ0) is 10.1. The SMILES string of the molecule is CC1CCC(F)(C(C)C(C)C)CN1. The summed E-state index contributed by atoms with van der Waals surface area (Å²) in [6.45, 7) is 8.89. The largest absolute Gasteiger partial charge is 0.311 e. The van der Waals surface area contributed by atoms with Gasteiger partial charge in [-0.25, -0.2) is 4.39 Å². The van der Waals surface area contributed by atoms with E-state index in [1.807, 2.05) is 6.92 Å². The topological polar surface area (TPSA) is 12.0 Å². The molecule has 2 heteroatoms. The smallest absolute Gasteiger partial charge is 0.126 e. The van der Waals surface area contributed by atoms with Gasteiger partial charge in [-0.05, 0) is 31.6 Å². The van der Waals surface area contributed by atoms with Crippen molar-refractivity contribution in [2.45, 2.75) is 52.2 Å². The molecule has 0 aromatic heterocycles. The van der Waals surface area contributed by atoms with Crippen molar-refractivity contribution in [2.75, 3.05) is 6.54 Å². The molecule has 1 N–H and O–H groups in total. The van der Waals surface area contributed by atoms with E-state index in [0.717, 1.165) is 12.8 Å². The van der Waals surface area contributed by atoms with E-state index >= 15 is 0 Å². The Bertz CT molecular complexity index is 159. The molecule has 0 spiro atoms. The molecule has 1 nitrogen and oxygen atoms in total. The van der Waals surface area contributed by atoms with Gasteiger partial charge in [0.2, 0.25) is 0 Å². The summed E-state index contributed by atoms with van der Waals surface area (Å²) >= 11 is 0. The van der Waals surface area contributed by atoms with Crippen molar-refractivity contribution >= 4 is 0 Å². The first-order chi connectivity index (χ1) is 5.96. The normalized spacial score (nSPS) is 37.8. The summed E-state index contributed by atoms with van der Waals surface area (Å²) in [5.41, 5.74) is -0.972. The third-order valence-corrected chi connectivity index (χ3v) is 3.55. The summed E-state index contributed by atoms with van der Waals surface area (Å²) < 4.78 is 14.3. The van der Waals surface area contributed by atoms with E-state index in [0.29, 0.717) is 18.5 Å². The van der Waals surface area contributed by atoms with Crippen molar-refractivity contribution in [3.8, 4) is 0 Å². The Hall–Kier alpha value is -0.110. The molecule has 3 unspecified atom stereocenters. The highest BCUT2D eigenvalue weighted by Crippen LogP contribution is 2.35. The van der Waals surface area contributed by atoms with E-state index in [2.05, 4.69) is 26.1 Å². The van der Waals surface area contributed by atoms with Crippen LogP contribution in [0.25, 0.3) is 0 Å². The summed E-state index contributed by atoms with van der Waals surface area (Å²) in [6.07, 6.45) is 1.69. The maximum atomic E-state index is 14.3. The van der Waals surface area contributed by atoms with Crippen molar-refractivity contribution < 1.29 is 4.39 Å². The fraction of sp³-hybridized carbons (Fsp3) is 1.00. The molecule has 0 amide bonds. The Kier molecular flexibility index (Phi) is 3.33. The lowest BCUT2D eigenvalue weighted by Crippen LogP contribution is -2.51. The van der Waals surface area contributed by atoms with E-state index in [9.17, 15) is 4.39 Å². The molecule has 0 bridgehead atoms. The van der Waals surface area contributed by atoms with Crippen LogP contribution in [0, 0.1) is 11.8 Å². The molecule has 13 heavy (non-hydrogen) atoms. The van der Waals surface area contributed by atoms with Gasteiger partial charge in [0.25, 0.3) is 0 Å². The number of hydrogen-bond donors (Lipinski definition) is 1. The number of rotatable bonds is 2. The predicted octanol–water partition coefficient (Wildman–Crippen LogP) is 2.76. The van der Waals surface area contributed by atoms with Crippen LogP contribution >= 0.6 is 0 Å². The molecule has 3 atom stereocenters. The Balaban J connectivity index is 2.56. The standard InChI is InChI=1S/C11H22FN/c1-8(2)10(4)11(12)6-5-9(3)13-7-11/h8-10,13H,5-7H2,1-4H3. The maximum absolute atomic E-state index is 14.3. The van der Waals surface area contributed by atoms with Crippen LogP contribution in [-0.2, 0) is 0 Å². The highest BCUT2D eigenvalue weighted by molar-refractivity contribution is 4.93. The summed E-state index contributed by atoms with van der Waals surface area (Å²) in [4.78, 5) is 0. The number of hydrogen-bond acceptors (Lipinski definition) is 1.